The molecule has 4 nitrogen and oxygen atoms in total. The van der Waals surface area contributed by atoms with Gasteiger partial charge in [0.05, 0.1) is 19.1 Å². The molecule has 0 fully saturated rings. The van der Waals surface area contributed by atoms with Gasteiger partial charge in [-0.25, -0.2) is 4.39 Å². The number of rotatable bonds is 5. The molecule has 3 aromatic carbocycles. The van der Waals surface area contributed by atoms with Gasteiger partial charge in [0.1, 0.15) is 17.1 Å². The van der Waals surface area contributed by atoms with Gasteiger partial charge in [-0.05, 0) is 49.2 Å². The highest BCUT2D eigenvalue weighted by atomic mass is 79.9. The number of allylic oxidation sites excluding steroid dienone is 1. The Bertz CT molecular complexity index is 1340. The molecular weight excluding hydrogens is 473 g/mol. The van der Waals surface area contributed by atoms with E-state index in [0.29, 0.717) is 21.4 Å². The molecule has 1 N–H and O–H groups in total. The number of ether oxygens (including phenoxy) is 1. The molecule has 0 bridgehead atoms. The Hall–Kier alpha value is -3.38. The first-order valence-corrected chi connectivity index (χ1v) is 10.8. The van der Waals surface area contributed by atoms with Gasteiger partial charge in [-0.1, -0.05) is 45.8 Å². The Balaban J connectivity index is 1.70. The predicted octanol–water partition coefficient (Wildman–Crippen LogP) is 7.36. The Morgan fingerprint density at radius 1 is 1.12 bits per heavy atom. The lowest BCUT2D eigenvalue weighted by atomic mass is 9.99. The molecule has 0 aliphatic rings. The van der Waals surface area contributed by atoms with Crippen molar-refractivity contribution < 1.29 is 18.3 Å². The lowest BCUT2D eigenvalue weighted by Crippen LogP contribution is -2.10. The molecule has 0 saturated heterocycles. The van der Waals surface area contributed by atoms with Crippen LogP contribution in [0.2, 0.25) is 0 Å². The van der Waals surface area contributed by atoms with E-state index in [9.17, 15) is 9.18 Å². The Kier molecular flexibility index (Phi) is 6.15. The maximum Gasteiger partial charge on any atom is 0.248 e. The van der Waals surface area contributed by atoms with Crippen LogP contribution in [0, 0.1) is 12.7 Å². The molecule has 0 aliphatic carbocycles. The number of fused-ring (bicyclic) bond motifs is 1. The zero-order valence-electron chi connectivity index (χ0n) is 17.8. The highest BCUT2D eigenvalue weighted by Gasteiger charge is 2.15. The van der Waals surface area contributed by atoms with E-state index in [0.717, 1.165) is 22.1 Å². The number of carbonyl (C=O) groups excluding carboxylic acids is 1. The largest absolute Gasteiger partial charge is 0.496 e. The van der Waals surface area contributed by atoms with E-state index in [1.165, 1.54) is 23.8 Å². The van der Waals surface area contributed by atoms with E-state index in [1.807, 2.05) is 38.1 Å². The molecule has 162 valence electrons. The predicted molar refractivity (Wildman–Crippen MR) is 129 cm³/mol. The molecule has 0 spiro atoms. The molecule has 1 heterocycles. The van der Waals surface area contributed by atoms with Crippen LogP contribution in [-0.4, -0.2) is 13.0 Å². The minimum Gasteiger partial charge on any atom is -0.496 e. The van der Waals surface area contributed by atoms with Gasteiger partial charge >= 0.3 is 0 Å². The third-order valence-electron chi connectivity index (χ3n) is 5.22. The number of aryl methyl sites for hydroxylation is 1. The minimum atomic E-state index is -0.515. The summed E-state index contributed by atoms with van der Waals surface area (Å²) in [5, 5.41) is 3.49. The van der Waals surface area contributed by atoms with Gasteiger partial charge in [0.2, 0.25) is 5.91 Å². The standard InChI is InChI=1S/C26H21BrFNO3/c1-15-4-6-17(7-5-15)21-14-32-25-13-24(31-3)19(12-20(21)25)16(2)10-26(30)29-23-9-8-18(27)11-22(23)28/h4-14H,1-3H3,(H,29,30)/b16-10+. The van der Waals surface area contributed by atoms with Crippen LogP contribution < -0.4 is 10.1 Å². The van der Waals surface area contributed by atoms with Gasteiger partial charge in [-0.2, -0.15) is 0 Å². The molecule has 32 heavy (non-hydrogen) atoms. The summed E-state index contributed by atoms with van der Waals surface area (Å²) in [7, 11) is 1.57. The van der Waals surface area contributed by atoms with Crippen molar-refractivity contribution >= 4 is 44.1 Å². The van der Waals surface area contributed by atoms with E-state index in [2.05, 4.69) is 33.4 Å². The smallest absolute Gasteiger partial charge is 0.248 e. The van der Waals surface area contributed by atoms with Crippen LogP contribution in [0.1, 0.15) is 18.1 Å². The zero-order chi connectivity index (χ0) is 22.8. The van der Waals surface area contributed by atoms with Gasteiger partial charge in [0, 0.05) is 33.1 Å². The van der Waals surface area contributed by atoms with Crippen molar-refractivity contribution in [1.82, 2.24) is 0 Å². The van der Waals surface area contributed by atoms with Crippen LogP contribution in [-0.2, 0) is 4.79 Å². The molecule has 6 heteroatoms. The second kappa shape index (κ2) is 9.01. The Labute approximate surface area is 193 Å². The summed E-state index contributed by atoms with van der Waals surface area (Å²) in [6.07, 6.45) is 3.15. The van der Waals surface area contributed by atoms with Gasteiger partial charge in [0.15, 0.2) is 0 Å². The van der Waals surface area contributed by atoms with Crippen molar-refractivity contribution in [2.24, 2.45) is 0 Å². The molecule has 0 aliphatic heterocycles. The van der Waals surface area contributed by atoms with Crippen LogP contribution in [0.4, 0.5) is 10.1 Å². The van der Waals surface area contributed by atoms with Crippen molar-refractivity contribution in [3.63, 3.8) is 0 Å². The van der Waals surface area contributed by atoms with E-state index in [1.54, 1.807) is 19.4 Å². The molecule has 0 radical (unpaired) electrons. The van der Waals surface area contributed by atoms with Crippen LogP contribution in [0.3, 0.4) is 0 Å². The lowest BCUT2D eigenvalue weighted by Gasteiger charge is -2.10. The highest BCUT2D eigenvalue weighted by Crippen LogP contribution is 2.37. The van der Waals surface area contributed by atoms with Crippen LogP contribution in [0.15, 0.2) is 75.8 Å². The van der Waals surface area contributed by atoms with E-state index < -0.39 is 11.7 Å². The highest BCUT2D eigenvalue weighted by molar-refractivity contribution is 9.10. The molecule has 0 saturated carbocycles. The zero-order valence-corrected chi connectivity index (χ0v) is 19.4. The first-order chi connectivity index (χ1) is 15.4. The van der Waals surface area contributed by atoms with Crippen molar-refractivity contribution in [3.05, 3.63) is 88.4 Å². The summed E-state index contributed by atoms with van der Waals surface area (Å²) in [4.78, 5) is 12.5. The average Bonchev–Trinajstić information content (AvgIpc) is 3.18. The molecule has 0 unspecified atom stereocenters. The summed E-state index contributed by atoms with van der Waals surface area (Å²) >= 11 is 3.21. The topological polar surface area (TPSA) is 51.5 Å². The van der Waals surface area contributed by atoms with Gasteiger partial charge in [-0.3, -0.25) is 4.79 Å². The number of hydrogen-bond donors (Lipinski definition) is 1. The van der Waals surface area contributed by atoms with Crippen LogP contribution in [0.25, 0.3) is 27.7 Å². The summed E-state index contributed by atoms with van der Waals surface area (Å²) in [6, 6.07) is 16.4. The molecular formula is C26H21BrFNO3. The molecule has 4 aromatic rings. The number of benzene rings is 3. The van der Waals surface area contributed by atoms with Crippen molar-refractivity contribution in [1.29, 1.82) is 0 Å². The first-order valence-electron chi connectivity index (χ1n) is 9.96. The molecule has 0 atom stereocenters. The summed E-state index contributed by atoms with van der Waals surface area (Å²) in [5.74, 6) is -0.366. The summed E-state index contributed by atoms with van der Waals surface area (Å²) < 4.78 is 26.0. The maximum atomic E-state index is 14.1. The second-order valence-corrected chi connectivity index (χ2v) is 8.42. The van der Waals surface area contributed by atoms with Crippen LogP contribution >= 0.6 is 15.9 Å². The monoisotopic (exact) mass is 493 g/mol. The fraction of sp³-hybridized carbons (Fsp3) is 0.115. The Morgan fingerprint density at radius 2 is 1.88 bits per heavy atom. The fourth-order valence-corrected chi connectivity index (χ4v) is 3.86. The first kappa shape index (κ1) is 21.8. The van der Waals surface area contributed by atoms with Crippen LogP contribution in [0.5, 0.6) is 5.75 Å². The van der Waals surface area contributed by atoms with E-state index >= 15 is 0 Å². The number of methoxy groups -OCH3 is 1. The van der Waals surface area contributed by atoms with E-state index in [-0.39, 0.29) is 5.69 Å². The number of halogens is 2. The second-order valence-electron chi connectivity index (χ2n) is 7.50. The quantitative estimate of drug-likeness (QED) is 0.295. The lowest BCUT2D eigenvalue weighted by molar-refractivity contribution is -0.111. The SMILES string of the molecule is COc1cc2occ(-c3ccc(C)cc3)c2cc1/C(C)=C/C(=O)Nc1ccc(Br)cc1F. The van der Waals surface area contributed by atoms with Gasteiger partial charge in [0.25, 0.3) is 0 Å². The molecule has 1 aromatic heterocycles. The normalized spacial score (nSPS) is 11.6. The average molecular weight is 494 g/mol. The van der Waals surface area contributed by atoms with E-state index in [4.69, 9.17) is 9.15 Å². The number of nitrogens with one attached hydrogen (secondary N) is 1. The number of anilines is 1. The summed E-state index contributed by atoms with van der Waals surface area (Å²) in [5.41, 5.74) is 5.40. The number of carbonyl (C=O) groups is 1. The third kappa shape index (κ3) is 4.46. The van der Waals surface area contributed by atoms with Crippen molar-refractivity contribution in [2.45, 2.75) is 13.8 Å². The Morgan fingerprint density at radius 3 is 2.56 bits per heavy atom. The minimum absolute atomic E-state index is 0.112. The van der Waals surface area contributed by atoms with Gasteiger partial charge in [-0.15, -0.1) is 0 Å². The maximum absolute atomic E-state index is 14.1. The number of hydrogen-bond acceptors (Lipinski definition) is 3. The fourth-order valence-electron chi connectivity index (χ4n) is 3.52. The number of furan rings is 1. The number of amides is 1. The third-order valence-corrected chi connectivity index (χ3v) is 5.71. The van der Waals surface area contributed by atoms with Gasteiger partial charge < -0.3 is 14.5 Å². The summed E-state index contributed by atoms with van der Waals surface area (Å²) in [6.45, 7) is 3.85. The van der Waals surface area contributed by atoms with Crippen molar-refractivity contribution in [2.75, 3.05) is 12.4 Å². The molecule has 4 rings (SSSR count). The van der Waals surface area contributed by atoms with Crippen molar-refractivity contribution in [3.8, 4) is 16.9 Å². The molecule has 1 amide bonds.